The van der Waals surface area contributed by atoms with Gasteiger partial charge in [0.1, 0.15) is 0 Å². The first-order valence-electron chi connectivity index (χ1n) is 11.3. The molecule has 2 aromatic heterocycles. The summed E-state index contributed by atoms with van der Waals surface area (Å²) >= 11 is 5.92. The number of nitrogens with one attached hydrogen (secondary N) is 1. The smallest absolute Gasteiger partial charge is 0.174 e. The molecule has 0 amide bonds. The first kappa shape index (κ1) is 21.4. The Morgan fingerprint density at radius 2 is 1.52 bits per heavy atom. The summed E-state index contributed by atoms with van der Waals surface area (Å²) in [5.41, 5.74) is 9.37. The number of hydrogen-bond donors (Lipinski definition) is 1. The van der Waals surface area contributed by atoms with Gasteiger partial charge in [0.05, 0.1) is 17.8 Å². The average Bonchev–Trinajstić information content (AvgIpc) is 3.29. The Bertz CT molecular complexity index is 1290. The molecule has 4 aromatic rings. The maximum absolute atomic E-state index is 5.92. The highest BCUT2D eigenvalue weighted by atomic mass is 32.1. The van der Waals surface area contributed by atoms with Crippen LogP contribution >= 0.6 is 12.2 Å². The molecule has 5 rings (SSSR count). The summed E-state index contributed by atoms with van der Waals surface area (Å²) < 4.78 is 2.33. The minimum atomic E-state index is -0.0516. The van der Waals surface area contributed by atoms with Gasteiger partial charge in [0.25, 0.3) is 0 Å². The number of benzene rings is 2. The molecule has 0 unspecified atom stereocenters. The van der Waals surface area contributed by atoms with E-state index in [0.717, 1.165) is 16.5 Å². The Labute approximate surface area is 200 Å². The lowest BCUT2D eigenvalue weighted by Crippen LogP contribution is -2.29. The molecular weight excluding hydrogens is 424 g/mol. The van der Waals surface area contributed by atoms with Gasteiger partial charge in [0.15, 0.2) is 5.11 Å². The normalized spacial score (nSPS) is 17.9. The number of para-hydroxylation sites is 1. The van der Waals surface area contributed by atoms with Crippen LogP contribution in [-0.4, -0.2) is 14.7 Å². The summed E-state index contributed by atoms with van der Waals surface area (Å²) in [6, 6.07) is 25.4. The Hall–Kier alpha value is -3.44. The van der Waals surface area contributed by atoms with Crippen molar-refractivity contribution in [1.29, 1.82) is 0 Å². The molecule has 0 bridgehead atoms. The van der Waals surface area contributed by atoms with Crippen molar-refractivity contribution < 1.29 is 0 Å². The third kappa shape index (κ3) is 3.83. The number of thiocarbonyl (C=S) groups is 1. The largest absolute Gasteiger partial charge is 0.351 e. The van der Waals surface area contributed by atoms with E-state index >= 15 is 0 Å². The van der Waals surface area contributed by atoms with Gasteiger partial charge in [0.2, 0.25) is 0 Å². The minimum Gasteiger partial charge on any atom is -0.351 e. The number of nitrogens with zero attached hydrogens (tertiary/aromatic N) is 3. The second-order valence-electron chi connectivity index (χ2n) is 8.84. The molecule has 2 atom stereocenters. The number of hydrogen-bond acceptors (Lipinski definition) is 2. The molecule has 1 fully saturated rings. The molecule has 3 heterocycles. The summed E-state index contributed by atoms with van der Waals surface area (Å²) in [6.07, 6.45) is 1.85. The van der Waals surface area contributed by atoms with Crippen LogP contribution in [0.1, 0.15) is 45.9 Å². The van der Waals surface area contributed by atoms with Crippen LogP contribution in [0.2, 0.25) is 0 Å². The van der Waals surface area contributed by atoms with Crippen LogP contribution in [0.4, 0.5) is 5.69 Å². The van der Waals surface area contributed by atoms with Crippen molar-refractivity contribution >= 4 is 23.0 Å². The third-order valence-corrected chi connectivity index (χ3v) is 6.70. The summed E-state index contributed by atoms with van der Waals surface area (Å²) in [5.74, 6) is 0. The molecule has 2 aromatic carbocycles. The van der Waals surface area contributed by atoms with Crippen molar-refractivity contribution in [3.63, 3.8) is 0 Å². The van der Waals surface area contributed by atoms with Gasteiger partial charge in [-0.25, -0.2) is 0 Å². The molecule has 1 saturated heterocycles. The lowest BCUT2D eigenvalue weighted by molar-refractivity contribution is 0.565. The fourth-order valence-corrected chi connectivity index (χ4v) is 5.45. The molecule has 1 N–H and O–H groups in total. The average molecular weight is 453 g/mol. The SMILES string of the molecule is Cc1cc(C)cc(N2C(=S)N[C@H](c3ccccn3)[C@@H]2c2cc(C)n(-c3ccccc3)c2C)c1. The fourth-order valence-electron chi connectivity index (χ4n) is 5.10. The maximum Gasteiger partial charge on any atom is 0.174 e. The summed E-state index contributed by atoms with van der Waals surface area (Å²) in [5, 5.41) is 4.31. The molecule has 166 valence electrons. The summed E-state index contributed by atoms with van der Waals surface area (Å²) in [4.78, 5) is 6.97. The highest BCUT2D eigenvalue weighted by molar-refractivity contribution is 7.80. The zero-order valence-corrected chi connectivity index (χ0v) is 20.2. The molecule has 1 aliphatic rings. The molecule has 5 heteroatoms. The molecule has 33 heavy (non-hydrogen) atoms. The molecule has 4 nitrogen and oxygen atoms in total. The molecule has 0 aliphatic carbocycles. The summed E-state index contributed by atoms with van der Waals surface area (Å²) in [6.45, 7) is 8.64. The molecule has 1 aliphatic heterocycles. The highest BCUT2D eigenvalue weighted by Gasteiger charge is 2.42. The van der Waals surface area contributed by atoms with Crippen LogP contribution in [0, 0.1) is 27.7 Å². The van der Waals surface area contributed by atoms with Gasteiger partial charge in [-0.1, -0.05) is 30.3 Å². The Morgan fingerprint density at radius 3 is 2.18 bits per heavy atom. The van der Waals surface area contributed by atoms with Gasteiger partial charge in [-0.2, -0.15) is 0 Å². The van der Waals surface area contributed by atoms with E-state index in [-0.39, 0.29) is 12.1 Å². The lowest BCUT2D eigenvalue weighted by Gasteiger charge is -2.29. The van der Waals surface area contributed by atoms with Gasteiger partial charge in [-0.05, 0) is 99.1 Å². The Kier molecular flexibility index (Phi) is 5.51. The van der Waals surface area contributed by atoms with E-state index < -0.39 is 0 Å². The van der Waals surface area contributed by atoms with Crippen LogP contribution in [0.5, 0.6) is 0 Å². The van der Waals surface area contributed by atoms with Crippen LogP contribution in [0.3, 0.4) is 0 Å². The van der Waals surface area contributed by atoms with Crippen molar-refractivity contribution in [2.75, 3.05) is 4.90 Å². The number of pyridine rings is 1. The first-order valence-corrected chi connectivity index (χ1v) is 11.7. The Morgan fingerprint density at radius 1 is 0.818 bits per heavy atom. The van der Waals surface area contributed by atoms with Crippen LogP contribution in [0.25, 0.3) is 5.69 Å². The van der Waals surface area contributed by atoms with Crippen LogP contribution in [-0.2, 0) is 0 Å². The van der Waals surface area contributed by atoms with Crippen molar-refractivity contribution in [3.8, 4) is 5.69 Å². The zero-order chi connectivity index (χ0) is 23.1. The Balaban J connectivity index is 1.70. The topological polar surface area (TPSA) is 33.1 Å². The number of rotatable bonds is 4. The van der Waals surface area contributed by atoms with E-state index in [4.69, 9.17) is 17.2 Å². The van der Waals surface area contributed by atoms with Gasteiger partial charge in [-0.3, -0.25) is 4.98 Å². The van der Waals surface area contributed by atoms with E-state index in [0.29, 0.717) is 0 Å². The monoisotopic (exact) mass is 452 g/mol. The molecule has 0 radical (unpaired) electrons. The predicted molar refractivity (Wildman–Crippen MR) is 139 cm³/mol. The van der Waals surface area contributed by atoms with Gasteiger partial charge in [-0.15, -0.1) is 0 Å². The number of aryl methyl sites for hydroxylation is 3. The highest BCUT2D eigenvalue weighted by Crippen LogP contribution is 2.44. The van der Waals surface area contributed by atoms with E-state index in [2.05, 4.69) is 103 Å². The number of aromatic nitrogens is 2. The predicted octanol–water partition coefficient (Wildman–Crippen LogP) is 6.28. The van der Waals surface area contributed by atoms with E-state index in [1.165, 1.54) is 33.8 Å². The second-order valence-corrected chi connectivity index (χ2v) is 9.23. The summed E-state index contributed by atoms with van der Waals surface area (Å²) in [7, 11) is 0. The molecular formula is C28H28N4S. The third-order valence-electron chi connectivity index (χ3n) is 6.39. The molecule has 0 saturated carbocycles. The van der Waals surface area contributed by atoms with Gasteiger partial charge >= 0.3 is 0 Å². The van der Waals surface area contributed by atoms with E-state index in [1.54, 1.807) is 0 Å². The molecule has 0 spiro atoms. The van der Waals surface area contributed by atoms with Crippen LogP contribution in [0.15, 0.2) is 79.0 Å². The maximum atomic E-state index is 5.92. The van der Waals surface area contributed by atoms with Gasteiger partial charge in [0, 0.05) is 29.0 Å². The quantitative estimate of drug-likeness (QED) is 0.369. The van der Waals surface area contributed by atoms with Crippen molar-refractivity contribution in [3.05, 3.63) is 113 Å². The van der Waals surface area contributed by atoms with Gasteiger partial charge < -0.3 is 14.8 Å². The standard InChI is InChI=1S/C28H28N4S/c1-18-14-19(2)16-23(15-18)32-27(26(30-28(32)33)25-12-8-9-13-29-25)24-17-20(3)31(21(24)4)22-10-6-5-7-11-22/h5-17,26-27H,1-4H3,(H,30,33)/t26-,27+/m1/s1. The zero-order valence-electron chi connectivity index (χ0n) is 19.4. The van der Waals surface area contributed by atoms with Crippen molar-refractivity contribution in [1.82, 2.24) is 14.9 Å². The number of anilines is 1. The van der Waals surface area contributed by atoms with E-state index in [1.807, 2.05) is 18.3 Å². The lowest BCUT2D eigenvalue weighted by atomic mass is 9.96. The first-order chi connectivity index (χ1) is 15.9. The minimum absolute atomic E-state index is 0.0164. The fraction of sp³-hybridized carbons (Fsp3) is 0.214. The second kappa shape index (κ2) is 8.49. The van der Waals surface area contributed by atoms with E-state index in [9.17, 15) is 0 Å². The van der Waals surface area contributed by atoms with Crippen molar-refractivity contribution in [2.24, 2.45) is 0 Å². The van der Waals surface area contributed by atoms with Crippen LogP contribution < -0.4 is 10.2 Å². The van der Waals surface area contributed by atoms with Crippen molar-refractivity contribution in [2.45, 2.75) is 39.8 Å².